The van der Waals surface area contributed by atoms with E-state index in [2.05, 4.69) is 44.1 Å². The third-order valence-corrected chi connectivity index (χ3v) is 6.08. The fourth-order valence-corrected chi connectivity index (χ4v) is 4.83. The number of aliphatic hydroxyl groups is 1. The SMILES string of the molecule is COCN1c2cc(CN3CCC=C(CO)C3)ccc2SC2N=CC=NC21. The molecule has 138 valence electrons. The van der Waals surface area contributed by atoms with Gasteiger partial charge in [0.25, 0.3) is 0 Å². The Hall–Kier alpha value is -1.67. The second-order valence-corrected chi connectivity index (χ2v) is 7.89. The summed E-state index contributed by atoms with van der Waals surface area (Å²) in [6.45, 7) is 3.40. The van der Waals surface area contributed by atoms with Crippen LogP contribution in [-0.4, -0.2) is 67.5 Å². The molecule has 4 rings (SSSR count). The van der Waals surface area contributed by atoms with Crippen LogP contribution in [0.5, 0.6) is 0 Å². The highest BCUT2D eigenvalue weighted by Crippen LogP contribution is 2.43. The van der Waals surface area contributed by atoms with Crippen LogP contribution in [0.1, 0.15) is 12.0 Å². The van der Waals surface area contributed by atoms with Gasteiger partial charge in [-0.1, -0.05) is 23.9 Å². The number of anilines is 1. The molecule has 0 fully saturated rings. The molecule has 7 heteroatoms. The predicted molar refractivity (Wildman–Crippen MR) is 106 cm³/mol. The fraction of sp³-hybridized carbons (Fsp3) is 0.474. The van der Waals surface area contributed by atoms with Gasteiger partial charge in [-0.2, -0.15) is 0 Å². The first-order chi connectivity index (χ1) is 12.8. The minimum absolute atomic E-state index is 0.0217. The van der Waals surface area contributed by atoms with Crippen LogP contribution in [0.15, 0.2) is 44.7 Å². The van der Waals surface area contributed by atoms with Gasteiger partial charge < -0.3 is 14.7 Å². The van der Waals surface area contributed by atoms with Crippen LogP contribution < -0.4 is 4.90 Å². The molecule has 0 bridgehead atoms. The smallest absolute Gasteiger partial charge is 0.155 e. The summed E-state index contributed by atoms with van der Waals surface area (Å²) in [4.78, 5) is 15.0. The number of fused-ring (bicyclic) bond motifs is 2. The van der Waals surface area contributed by atoms with Gasteiger partial charge in [0, 0.05) is 44.1 Å². The highest BCUT2D eigenvalue weighted by Gasteiger charge is 2.35. The van der Waals surface area contributed by atoms with Crippen molar-refractivity contribution >= 4 is 29.9 Å². The number of thioether (sulfide) groups is 1. The van der Waals surface area contributed by atoms with Crippen LogP contribution in [0.25, 0.3) is 0 Å². The first-order valence-corrected chi connectivity index (χ1v) is 9.77. The first kappa shape index (κ1) is 17.7. The predicted octanol–water partition coefficient (Wildman–Crippen LogP) is 2.13. The maximum atomic E-state index is 9.39. The summed E-state index contributed by atoms with van der Waals surface area (Å²) in [7, 11) is 1.71. The quantitative estimate of drug-likeness (QED) is 0.803. The van der Waals surface area contributed by atoms with Crippen molar-refractivity contribution in [1.82, 2.24) is 4.90 Å². The number of benzene rings is 1. The Morgan fingerprint density at radius 2 is 2.19 bits per heavy atom. The molecule has 0 amide bonds. The van der Waals surface area contributed by atoms with Crippen LogP contribution >= 0.6 is 11.8 Å². The molecule has 6 nitrogen and oxygen atoms in total. The molecular weight excluding hydrogens is 348 g/mol. The minimum atomic E-state index is -0.0217. The van der Waals surface area contributed by atoms with Gasteiger partial charge in [0.15, 0.2) is 6.17 Å². The largest absolute Gasteiger partial charge is 0.392 e. The molecule has 3 heterocycles. The molecule has 0 saturated carbocycles. The number of methoxy groups -OCH3 is 1. The number of hydrogen-bond donors (Lipinski definition) is 1. The number of hydrogen-bond acceptors (Lipinski definition) is 7. The maximum absolute atomic E-state index is 9.39. The Kier molecular flexibility index (Phi) is 5.40. The summed E-state index contributed by atoms with van der Waals surface area (Å²) in [5.74, 6) is 0. The molecule has 1 aromatic rings. The lowest BCUT2D eigenvalue weighted by atomic mass is 10.1. The Labute approximate surface area is 158 Å². The van der Waals surface area contributed by atoms with Gasteiger partial charge in [0.2, 0.25) is 0 Å². The molecular formula is C19H24N4O2S. The summed E-state index contributed by atoms with van der Waals surface area (Å²) >= 11 is 1.76. The van der Waals surface area contributed by atoms with Crippen molar-refractivity contribution in [3.05, 3.63) is 35.4 Å². The molecule has 0 aromatic heterocycles. The van der Waals surface area contributed by atoms with Crippen LogP contribution in [-0.2, 0) is 11.3 Å². The lowest BCUT2D eigenvalue weighted by molar-refractivity contribution is 0.188. The number of rotatable bonds is 5. The molecule has 1 aromatic carbocycles. The zero-order valence-electron chi connectivity index (χ0n) is 14.9. The normalized spacial score (nSPS) is 25.0. The van der Waals surface area contributed by atoms with E-state index < -0.39 is 0 Å². The molecule has 2 unspecified atom stereocenters. The number of ether oxygens (including phenoxy) is 1. The summed E-state index contributed by atoms with van der Waals surface area (Å²) in [5, 5.41) is 9.47. The molecule has 0 spiro atoms. The lowest BCUT2D eigenvalue weighted by Crippen LogP contribution is -2.45. The van der Waals surface area contributed by atoms with Gasteiger partial charge >= 0.3 is 0 Å². The van der Waals surface area contributed by atoms with Crippen molar-refractivity contribution in [2.24, 2.45) is 9.98 Å². The molecule has 0 radical (unpaired) electrons. The molecule has 1 N–H and O–H groups in total. The fourth-order valence-electron chi connectivity index (χ4n) is 3.66. The van der Waals surface area contributed by atoms with E-state index >= 15 is 0 Å². The summed E-state index contributed by atoms with van der Waals surface area (Å²) in [5.41, 5.74) is 3.55. The molecule has 26 heavy (non-hydrogen) atoms. The maximum Gasteiger partial charge on any atom is 0.155 e. The highest BCUT2D eigenvalue weighted by atomic mass is 32.2. The zero-order chi connectivity index (χ0) is 17.9. The van der Waals surface area contributed by atoms with E-state index in [0.717, 1.165) is 31.6 Å². The summed E-state index contributed by atoms with van der Waals surface area (Å²) in [6, 6.07) is 6.64. The Bertz CT molecular complexity index is 749. The van der Waals surface area contributed by atoms with Crippen molar-refractivity contribution in [3.8, 4) is 0 Å². The summed E-state index contributed by atoms with van der Waals surface area (Å²) < 4.78 is 5.45. The Balaban J connectivity index is 1.57. The molecule has 0 saturated heterocycles. The Morgan fingerprint density at radius 3 is 3.04 bits per heavy atom. The van der Waals surface area contributed by atoms with Gasteiger partial charge in [-0.15, -0.1) is 0 Å². The monoisotopic (exact) mass is 372 g/mol. The van der Waals surface area contributed by atoms with Gasteiger partial charge in [-0.25, -0.2) is 0 Å². The van der Waals surface area contributed by atoms with Crippen molar-refractivity contribution in [3.63, 3.8) is 0 Å². The number of aliphatic hydroxyl groups excluding tert-OH is 1. The highest BCUT2D eigenvalue weighted by molar-refractivity contribution is 8.00. The van der Waals surface area contributed by atoms with Crippen LogP contribution in [0.3, 0.4) is 0 Å². The van der Waals surface area contributed by atoms with Crippen LogP contribution in [0, 0.1) is 0 Å². The van der Waals surface area contributed by atoms with E-state index in [1.54, 1.807) is 31.3 Å². The standard InChI is InChI=1S/C19H24N4O2S/c1-25-13-23-16-9-14(10-22-8-2-3-15(11-22)12-24)4-5-17(16)26-19-18(23)20-6-7-21-19/h3-7,9,18-19,24H,2,8,10-13H2,1H3. The van der Waals surface area contributed by atoms with E-state index in [1.807, 2.05) is 0 Å². The van der Waals surface area contributed by atoms with Crippen molar-refractivity contribution < 1.29 is 9.84 Å². The number of nitrogens with zero attached hydrogens (tertiary/aromatic N) is 4. The van der Waals surface area contributed by atoms with E-state index in [9.17, 15) is 5.11 Å². The van der Waals surface area contributed by atoms with Crippen molar-refractivity contribution in [2.75, 3.05) is 38.4 Å². The van der Waals surface area contributed by atoms with E-state index in [0.29, 0.717) is 6.73 Å². The van der Waals surface area contributed by atoms with Gasteiger partial charge in [-0.3, -0.25) is 14.9 Å². The second kappa shape index (κ2) is 7.92. The first-order valence-electron chi connectivity index (χ1n) is 8.89. The summed E-state index contributed by atoms with van der Waals surface area (Å²) in [6.07, 6.45) is 6.69. The molecule has 0 aliphatic carbocycles. The van der Waals surface area contributed by atoms with Crippen molar-refractivity contribution in [1.29, 1.82) is 0 Å². The van der Waals surface area contributed by atoms with Crippen LogP contribution in [0.2, 0.25) is 0 Å². The molecule has 2 atom stereocenters. The third-order valence-electron chi connectivity index (χ3n) is 4.88. The van der Waals surface area contributed by atoms with Gasteiger partial charge in [-0.05, 0) is 29.7 Å². The molecule has 3 aliphatic heterocycles. The average molecular weight is 372 g/mol. The van der Waals surface area contributed by atoms with E-state index in [1.165, 1.54) is 16.1 Å². The van der Waals surface area contributed by atoms with E-state index in [-0.39, 0.29) is 18.1 Å². The number of aliphatic imine (C=N–C) groups is 2. The average Bonchev–Trinajstić information content (AvgIpc) is 2.68. The lowest BCUT2D eigenvalue weighted by Gasteiger charge is -2.40. The second-order valence-electron chi connectivity index (χ2n) is 6.73. The Morgan fingerprint density at radius 1 is 1.31 bits per heavy atom. The third kappa shape index (κ3) is 3.57. The topological polar surface area (TPSA) is 60.7 Å². The van der Waals surface area contributed by atoms with E-state index in [4.69, 9.17) is 4.74 Å². The van der Waals surface area contributed by atoms with Crippen molar-refractivity contribution in [2.45, 2.75) is 29.4 Å². The molecule has 3 aliphatic rings. The van der Waals surface area contributed by atoms with Gasteiger partial charge in [0.1, 0.15) is 12.1 Å². The minimum Gasteiger partial charge on any atom is -0.392 e. The zero-order valence-corrected chi connectivity index (χ0v) is 15.7. The van der Waals surface area contributed by atoms with Gasteiger partial charge in [0.05, 0.1) is 12.3 Å². The van der Waals surface area contributed by atoms with Crippen LogP contribution in [0.4, 0.5) is 5.69 Å².